The fraction of sp³-hybridized carbons (Fsp3) is 0.536. The summed E-state index contributed by atoms with van der Waals surface area (Å²) in [5.41, 5.74) is 1.71. The first kappa shape index (κ1) is 26.5. The number of anilines is 1. The Morgan fingerprint density at radius 3 is 2.22 bits per heavy atom. The van der Waals surface area contributed by atoms with Gasteiger partial charge in [0.15, 0.2) is 0 Å². The van der Waals surface area contributed by atoms with E-state index in [2.05, 4.69) is 34.0 Å². The summed E-state index contributed by atoms with van der Waals surface area (Å²) in [6, 6.07) is 14.9. The summed E-state index contributed by atoms with van der Waals surface area (Å²) in [6.45, 7) is 5.75. The first-order chi connectivity index (χ1) is 17.2. The van der Waals surface area contributed by atoms with E-state index in [0.29, 0.717) is 23.3 Å². The number of benzene rings is 2. The first-order valence-corrected chi connectivity index (χ1v) is 15.0. The molecule has 8 heteroatoms. The molecule has 2 unspecified atom stereocenters. The number of hydrogen-bond acceptors (Lipinski definition) is 5. The molecule has 0 spiro atoms. The number of amides is 1. The molecule has 1 amide bonds. The molecule has 0 radical (unpaired) electrons. The Morgan fingerprint density at radius 2 is 1.61 bits per heavy atom. The quantitative estimate of drug-likeness (QED) is 0.492. The second-order valence-corrected chi connectivity index (χ2v) is 12.2. The van der Waals surface area contributed by atoms with Gasteiger partial charge in [0.05, 0.1) is 6.26 Å². The Morgan fingerprint density at radius 1 is 0.972 bits per heavy atom. The van der Waals surface area contributed by atoms with Gasteiger partial charge >= 0.3 is 0 Å². The van der Waals surface area contributed by atoms with E-state index in [1.807, 2.05) is 12.1 Å². The van der Waals surface area contributed by atoms with Crippen LogP contribution in [-0.2, 0) is 21.4 Å². The van der Waals surface area contributed by atoms with Crippen LogP contribution in [0.3, 0.4) is 0 Å². The van der Waals surface area contributed by atoms with Crippen LogP contribution in [-0.4, -0.2) is 45.1 Å². The van der Waals surface area contributed by atoms with E-state index in [0.717, 1.165) is 44.6 Å². The number of carbonyl (C=O) groups is 1. The van der Waals surface area contributed by atoms with Crippen LogP contribution in [0, 0.1) is 17.8 Å². The molecule has 196 valence electrons. The molecule has 1 aliphatic carbocycles. The minimum atomic E-state index is -3.30. The lowest BCUT2D eigenvalue weighted by Gasteiger charge is -2.36. The third-order valence-corrected chi connectivity index (χ3v) is 7.95. The Balaban J connectivity index is 1.22. The highest BCUT2D eigenvalue weighted by Gasteiger charge is 2.31. The van der Waals surface area contributed by atoms with Gasteiger partial charge in [-0.3, -0.25) is 14.4 Å². The van der Waals surface area contributed by atoms with Crippen LogP contribution in [0.25, 0.3) is 0 Å². The van der Waals surface area contributed by atoms with Crippen molar-refractivity contribution in [2.45, 2.75) is 52.0 Å². The number of carbonyl (C=O) groups excluding carboxylic acids is 1. The molecule has 1 saturated carbocycles. The van der Waals surface area contributed by atoms with Gasteiger partial charge in [0.1, 0.15) is 11.5 Å². The van der Waals surface area contributed by atoms with Crippen molar-refractivity contribution >= 4 is 21.6 Å². The van der Waals surface area contributed by atoms with Crippen molar-refractivity contribution in [1.82, 2.24) is 10.2 Å². The van der Waals surface area contributed by atoms with Crippen molar-refractivity contribution in [2.75, 3.05) is 30.6 Å². The number of hydrogen-bond donors (Lipinski definition) is 2. The minimum absolute atomic E-state index is 0.111. The summed E-state index contributed by atoms with van der Waals surface area (Å²) >= 11 is 0. The molecule has 1 saturated heterocycles. The number of rotatable bonds is 9. The van der Waals surface area contributed by atoms with Gasteiger partial charge in [-0.25, -0.2) is 8.42 Å². The van der Waals surface area contributed by atoms with E-state index in [1.54, 1.807) is 24.3 Å². The summed E-state index contributed by atoms with van der Waals surface area (Å²) in [6.07, 6.45) is 8.50. The number of piperidine rings is 1. The second kappa shape index (κ2) is 12.1. The van der Waals surface area contributed by atoms with Crippen LogP contribution in [0.4, 0.5) is 5.69 Å². The van der Waals surface area contributed by atoms with E-state index in [1.165, 1.54) is 37.7 Å². The van der Waals surface area contributed by atoms with E-state index in [4.69, 9.17) is 4.74 Å². The maximum Gasteiger partial charge on any atom is 0.229 e. The number of nitrogens with one attached hydrogen (secondary N) is 2. The van der Waals surface area contributed by atoms with Gasteiger partial charge in [-0.2, -0.15) is 0 Å². The third kappa shape index (κ3) is 7.96. The average Bonchev–Trinajstić information content (AvgIpc) is 2.85. The summed E-state index contributed by atoms with van der Waals surface area (Å²) < 4.78 is 31.0. The van der Waals surface area contributed by atoms with Crippen LogP contribution in [0.1, 0.15) is 51.0 Å². The van der Waals surface area contributed by atoms with Crippen molar-refractivity contribution in [3.05, 3.63) is 54.1 Å². The summed E-state index contributed by atoms with van der Waals surface area (Å²) in [4.78, 5) is 15.2. The van der Waals surface area contributed by atoms with Gasteiger partial charge in [-0.1, -0.05) is 38.3 Å². The summed E-state index contributed by atoms with van der Waals surface area (Å²) in [5.74, 6) is 2.73. The van der Waals surface area contributed by atoms with Crippen LogP contribution < -0.4 is 14.8 Å². The average molecular weight is 514 g/mol. The predicted molar refractivity (Wildman–Crippen MR) is 144 cm³/mol. The zero-order valence-corrected chi connectivity index (χ0v) is 22.2. The monoisotopic (exact) mass is 513 g/mol. The molecule has 4 rings (SSSR count). The van der Waals surface area contributed by atoms with Crippen molar-refractivity contribution in [2.24, 2.45) is 17.8 Å². The Bertz CT molecular complexity index is 1100. The van der Waals surface area contributed by atoms with Gasteiger partial charge in [0.2, 0.25) is 15.9 Å². The topological polar surface area (TPSA) is 87.7 Å². The lowest BCUT2D eigenvalue weighted by molar-refractivity contribution is -0.128. The molecule has 2 aliphatic rings. The van der Waals surface area contributed by atoms with E-state index < -0.39 is 10.0 Å². The zero-order chi connectivity index (χ0) is 25.5. The third-order valence-electron chi connectivity index (χ3n) is 7.34. The standard InChI is InChI=1S/C28H39N3O4S/c1-21-19-31(17-16-27(21)28(32)29-18-22-6-4-3-5-7-22)20-23-8-12-25(13-9-23)35-26-14-10-24(11-15-26)30-36(2,33)34/h8-15,21-22,27,30H,3-7,16-20H2,1-2H3,(H,29,32). The fourth-order valence-corrected chi connectivity index (χ4v) is 5.96. The van der Waals surface area contributed by atoms with Gasteiger partial charge in [-0.15, -0.1) is 0 Å². The number of nitrogens with zero attached hydrogens (tertiary/aromatic N) is 1. The molecule has 1 heterocycles. The maximum absolute atomic E-state index is 12.8. The highest BCUT2D eigenvalue weighted by Crippen LogP contribution is 2.28. The minimum Gasteiger partial charge on any atom is -0.457 e. The molecule has 1 aliphatic heterocycles. The molecular formula is C28H39N3O4S. The highest BCUT2D eigenvalue weighted by atomic mass is 32.2. The largest absolute Gasteiger partial charge is 0.457 e. The maximum atomic E-state index is 12.8. The van der Waals surface area contributed by atoms with Crippen molar-refractivity contribution < 1.29 is 17.9 Å². The van der Waals surface area contributed by atoms with E-state index >= 15 is 0 Å². The molecule has 2 aromatic rings. The molecule has 2 aromatic carbocycles. The van der Waals surface area contributed by atoms with Gasteiger partial charge in [0, 0.05) is 31.2 Å². The Hall–Kier alpha value is -2.58. The molecule has 2 fully saturated rings. The number of likely N-dealkylation sites (tertiary alicyclic amines) is 1. The highest BCUT2D eigenvalue weighted by molar-refractivity contribution is 7.92. The number of ether oxygens (including phenoxy) is 1. The zero-order valence-electron chi connectivity index (χ0n) is 21.4. The molecule has 36 heavy (non-hydrogen) atoms. The fourth-order valence-electron chi connectivity index (χ4n) is 5.39. The SMILES string of the molecule is CC1CN(Cc2ccc(Oc3ccc(NS(C)(=O)=O)cc3)cc2)CCC1C(=O)NCC1CCCCC1. The lowest BCUT2D eigenvalue weighted by Crippen LogP contribution is -2.46. The smallest absolute Gasteiger partial charge is 0.229 e. The van der Waals surface area contributed by atoms with Crippen LogP contribution in [0.5, 0.6) is 11.5 Å². The molecule has 2 N–H and O–H groups in total. The van der Waals surface area contributed by atoms with Crippen molar-refractivity contribution in [3.63, 3.8) is 0 Å². The molecule has 0 bridgehead atoms. The number of sulfonamides is 1. The van der Waals surface area contributed by atoms with E-state index in [-0.39, 0.29) is 11.8 Å². The summed E-state index contributed by atoms with van der Waals surface area (Å²) in [7, 11) is -3.30. The lowest BCUT2D eigenvalue weighted by atomic mass is 9.85. The normalized spacial score (nSPS) is 21.6. The Labute approximate surface area is 215 Å². The Kier molecular flexibility index (Phi) is 8.90. The van der Waals surface area contributed by atoms with E-state index in [9.17, 15) is 13.2 Å². The first-order valence-electron chi connectivity index (χ1n) is 13.1. The van der Waals surface area contributed by atoms with Crippen LogP contribution in [0.15, 0.2) is 48.5 Å². The molecule has 0 aromatic heterocycles. The van der Waals surface area contributed by atoms with Gasteiger partial charge < -0.3 is 10.1 Å². The molecule has 7 nitrogen and oxygen atoms in total. The molecular weight excluding hydrogens is 474 g/mol. The van der Waals surface area contributed by atoms with Gasteiger partial charge in [0.25, 0.3) is 0 Å². The predicted octanol–water partition coefficient (Wildman–Crippen LogP) is 5.00. The van der Waals surface area contributed by atoms with Crippen molar-refractivity contribution in [3.8, 4) is 11.5 Å². The van der Waals surface area contributed by atoms with Crippen molar-refractivity contribution in [1.29, 1.82) is 0 Å². The molecule has 2 atom stereocenters. The second-order valence-electron chi connectivity index (χ2n) is 10.5. The summed E-state index contributed by atoms with van der Waals surface area (Å²) in [5, 5.41) is 3.25. The van der Waals surface area contributed by atoms with Crippen LogP contribution in [0.2, 0.25) is 0 Å². The van der Waals surface area contributed by atoms with Gasteiger partial charge in [-0.05, 0) is 79.6 Å². The van der Waals surface area contributed by atoms with Crippen LogP contribution >= 0.6 is 0 Å².